The predicted octanol–water partition coefficient (Wildman–Crippen LogP) is 1.74. The minimum absolute atomic E-state index is 0.0479. The van der Waals surface area contributed by atoms with Gasteiger partial charge in [0, 0.05) is 54.3 Å². The van der Waals surface area contributed by atoms with Gasteiger partial charge in [-0.25, -0.2) is 0 Å². The summed E-state index contributed by atoms with van der Waals surface area (Å²) in [7, 11) is -0.757. The first-order chi connectivity index (χ1) is 9.58. The topological polar surface area (TPSA) is 62.3 Å². The van der Waals surface area contributed by atoms with E-state index in [0.717, 1.165) is 18.7 Å². The predicted molar refractivity (Wildman–Crippen MR) is 83.5 cm³/mol. The number of nitrogens with one attached hydrogen (secondary N) is 1. The first-order valence-corrected chi connectivity index (χ1v) is 8.60. The van der Waals surface area contributed by atoms with Gasteiger partial charge in [-0.05, 0) is 32.4 Å². The summed E-state index contributed by atoms with van der Waals surface area (Å²) < 4.78 is 11.0. The van der Waals surface area contributed by atoms with E-state index in [4.69, 9.17) is 0 Å². The van der Waals surface area contributed by atoms with Crippen LogP contribution in [-0.4, -0.2) is 51.6 Å². The van der Waals surface area contributed by atoms with Gasteiger partial charge < -0.3 is 10.2 Å². The number of pyridine rings is 1. The zero-order valence-electron chi connectivity index (χ0n) is 12.4. The first-order valence-electron chi connectivity index (χ1n) is 6.87. The smallest absolute Gasteiger partial charge is 0.272 e. The Balaban J connectivity index is 2.61. The molecule has 1 amide bonds. The van der Waals surface area contributed by atoms with Gasteiger partial charge in [0.25, 0.3) is 5.91 Å². The van der Waals surface area contributed by atoms with Crippen LogP contribution in [0.3, 0.4) is 0 Å². The van der Waals surface area contributed by atoms with Gasteiger partial charge in [-0.1, -0.05) is 0 Å². The molecule has 1 aromatic heterocycles. The minimum atomic E-state index is -0.757. The fraction of sp³-hybridized carbons (Fsp3) is 0.571. The lowest BCUT2D eigenvalue weighted by molar-refractivity contribution is 0.0767. The third-order valence-corrected chi connectivity index (χ3v) is 3.83. The van der Waals surface area contributed by atoms with Gasteiger partial charge in [0.05, 0.1) is 0 Å². The van der Waals surface area contributed by atoms with Crippen molar-refractivity contribution in [1.29, 1.82) is 0 Å². The van der Waals surface area contributed by atoms with Crippen LogP contribution in [0, 0.1) is 0 Å². The molecule has 0 saturated heterocycles. The van der Waals surface area contributed by atoms with Crippen LogP contribution in [-0.2, 0) is 10.8 Å². The van der Waals surface area contributed by atoms with Crippen LogP contribution < -0.4 is 5.32 Å². The molecule has 1 aromatic rings. The molecule has 20 heavy (non-hydrogen) atoms. The van der Waals surface area contributed by atoms with E-state index < -0.39 is 10.8 Å². The highest BCUT2D eigenvalue weighted by Crippen LogP contribution is 2.10. The van der Waals surface area contributed by atoms with E-state index in [9.17, 15) is 9.00 Å². The second-order valence-corrected chi connectivity index (χ2v) is 6.02. The Hall–Kier alpha value is -1.43. The molecule has 0 aliphatic carbocycles. The molecule has 0 aliphatic heterocycles. The van der Waals surface area contributed by atoms with E-state index in [0.29, 0.717) is 24.5 Å². The first kappa shape index (κ1) is 16.6. The molecule has 0 radical (unpaired) electrons. The zero-order chi connectivity index (χ0) is 15.0. The van der Waals surface area contributed by atoms with Gasteiger partial charge >= 0.3 is 0 Å². The van der Waals surface area contributed by atoms with Gasteiger partial charge in [0.2, 0.25) is 0 Å². The minimum Gasteiger partial charge on any atom is -0.385 e. The average Bonchev–Trinajstić information content (AvgIpc) is 2.45. The molecule has 112 valence electrons. The highest BCUT2D eigenvalue weighted by Gasteiger charge is 2.13. The maximum Gasteiger partial charge on any atom is 0.272 e. The van der Waals surface area contributed by atoms with Crippen molar-refractivity contribution >= 4 is 22.4 Å². The number of carbonyl (C=O) groups excluding carboxylic acids is 1. The van der Waals surface area contributed by atoms with E-state index in [1.165, 1.54) is 0 Å². The molecule has 5 nitrogen and oxygen atoms in total. The second kappa shape index (κ2) is 8.68. The Bertz CT molecular complexity index is 461. The van der Waals surface area contributed by atoms with Crippen LogP contribution >= 0.6 is 0 Å². The van der Waals surface area contributed by atoms with E-state index in [1.54, 1.807) is 23.4 Å². The standard InChI is InChI=1S/C14H23N3O2S/c1-4-17(5-2)14(18)13-11-12(7-9-16-13)15-8-6-10-20(3)19/h7,9,11H,4-6,8,10H2,1-3H3,(H,15,16). The number of anilines is 1. The molecule has 0 spiro atoms. The highest BCUT2D eigenvalue weighted by molar-refractivity contribution is 7.84. The summed E-state index contributed by atoms with van der Waals surface area (Å²) in [6.45, 7) is 6.00. The summed E-state index contributed by atoms with van der Waals surface area (Å²) in [4.78, 5) is 18.0. The zero-order valence-corrected chi connectivity index (χ0v) is 13.2. The molecule has 1 N–H and O–H groups in total. The Kier molecular flexibility index (Phi) is 7.22. The Morgan fingerprint density at radius 1 is 1.40 bits per heavy atom. The summed E-state index contributed by atoms with van der Waals surface area (Å²) in [6, 6.07) is 3.60. The second-order valence-electron chi connectivity index (χ2n) is 4.46. The molecule has 0 aromatic carbocycles. The summed E-state index contributed by atoms with van der Waals surface area (Å²) in [5.41, 5.74) is 1.33. The number of amides is 1. The Morgan fingerprint density at radius 3 is 2.70 bits per heavy atom. The number of carbonyl (C=O) groups is 1. The van der Waals surface area contributed by atoms with Gasteiger partial charge in [-0.15, -0.1) is 0 Å². The maximum absolute atomic E-state index is 12.2. The van der Waals surface area contributed by atoms with E-state index >= 15 is 0 Å². The van der Waals surface area contributed by atoms with Gasteiger partial charge in [0.1, 0.15) is 5.69 Å². The number of rotatable bonds is 8. The molecule has 0 fully saturated rings. The highest BCUT2D eigenvalue weighted by atomic mass is 32.2. The van der Waals surface area contributed by atoms with Crippen LogP contribution in [0.2, 0.25) is 0 Å². The molecule has 0 bridgehead atoms. The molecular formula is C14H23N3O2S. The number of hydrogen-bond acceptors (Lipinski definition) is 4. The average molecular weight is 297 g/mol. The summed E-state index contributed by atoms with van der Waals surface area (Å²) in [5.74, 6) is 0.636. The van der Waals surface area contributed by atoms with Crippen molar-refractivity contribution in [1.82, 2.24) is 9.88 Å². The Morgan fingerprint density at radius 2 is 2.10 bits per heavy atom. The number of aromatic nitrogens is 1. The normalized spacial score (nSPS) is 11.9. The quantitative estimate of drug-likeness (QED) is 0.743. The molecule has 0 aliphatic rings. The third-order valence-electron chi connectivity index (χ3n) is 2.97. The van der Waals surface area contributed by atoms with Crippen molar-refractivity contribution in [3.05, 3.63) is 24.0 Å². The number of nitrogens with zero attached hydrogens (tertiary/aromatic N) is 2. The van der Waals surface area contributed by atoms with Crippen molar-refractivity contribution in [3.63, 3.8) is 0 Å². The monoisotopic (exact) mass is 297 g/mol. The molecule has 1 heterocycles. The van der Waals surface area contributed by atoms with Crippen molar-refractivity contribution in [2.75, 3.05) is 37.0 Å². The van der Waals surface area contributed by atoms with Gasteiger partial charge in [0.15, 0.2) is 0 Å². The van der Waals surface area contributed by atoms with Gasteiger partial charge in [-0.2, -0.15) is 0 Å². The molecule has 1 atom stereocenters. The largest absolute Gasteiger partial charge is 0.385 e. The molecule has 1 rings (SSSR count). The van der Waals surface area contributed by atoms with Crippen molar-refractivity contribution in [2.24, 2.45) is 0 Å². The fourth-order valence-electron chi connectivity index (χ4n) is 1.84. The van der Waals surface area contributed by atoms with Crippen LogP contribution in [0.25, 0.3) is 0 Å². The van der Waals surface area contributed by atoms with Crippen molar-refractivity contribution in [2.45, 2.75) is 20.3 Å². The number of hydrogen-bond donors (Lipinski definition) is 1. The van der Waals surface area contributed by atoms with Crippen LogP contribution in [0.4, 0.5) is 5.69 Å². The van der Waals surface area contributed by atoms with Crippen molar-refractivity contribution in [3.8, 4) is 0 Å². The molecule has 0 saturated carbocycles. The van der Waals surface area contributed by atoms with Gasteiger partial charge in [-0.3, -0.25) is 14.0 Å². The fourth-order valence-corrected chi connectivity index (χ4v) is 2.39. The summed E-state index contributed by atoms with van der Waals surface area (Å²) in [6.07, 6.45) is 4.18. The molecular weight excluding hydrogens is 274 g/mol. The maximum atomic E-state index is 12.2. The Labute approximate surface area is 123 Å². The van der Waals surface area contributed by atoms with E-state index in [2.05, 4.69) is 10.3 Å². The third kappa shape index (κ3) is 5.28. The van der Waals surface area contributed by atoms with Crippen LogP contribution in [0.5, 0.6) is 0 Å². The SMILES string of the molecule is CCN(CC)C(=O)c1cc(NCCCS(C)=O)ccn1. The van der Waals surface area contributed by atoms with Crippen LogP contribution in [0.1, 0.15) is 30.8 Å². The lowest BCUT2D eigenvalue weighted by Gasteiger charge is -2.18. The van der Waals surface area contributed by atoms with E-state index in [-0.39, 0.29) is 5.91 Å². The van der Waals surface area contributed by atoms with Crippen molar-refractivity contribution < 1.29 is 9.00 Å². The lowest BCUT2D eigenvalue weighted by Crippen LogP contribution is -2.31. The summed E-state index contributed by atoms with van der Waals surface area (Å²) in [5, 5.41) is 3.23. The summed E-state index contributed by atoms with van der Waals surface area (Å²) >= 11 is 0. The van der Waals surface area contributed by atoms with E-state index in [1.807, 2.05) is 19.9 Å². The molecule has 6 heteroatoms. The van der Waals surface area contributed by atoms with Crippen LogP contribution in [0.15, 0.2) is 18.3 Å². The molecule has 1 unspecified atom stereocenters. The lowest BCUT2D eigenvalue weighted by atomic mass is 10.2.